The molecule has 1 amide bonds. The lowest BCUT2D eigenvalue weighted by Crippen LogP contribution is -2.15. The summed E-state index contributed by atoms with van der Waals surface area (Å²) in [5.74, 6) is 0.747. The van der Waals surface area contributed by atoms with Crippen LogP contribution >= 0.6 is 0 Å². The lowest BCUT2D eigenvalue weighted by atomic mass is 10.1. The molecule has 2 rings (SSSR count). The van der Waals surface area contributed by atoms with Gasteiger partial charge >= 0.3 is 0 Å². The van der Waals surface area contributed by atoms with Gasteiger partial charge in [0.15, 0.2) is 0 Å². The molecule has 0 saturated heterocycles. The maximum Gasteiger partial charge on any atom is 0.228 e. The van der Waals surface area contributed by atoms with Crippen LogP contribution in [-0.4, -0.2) is 12.5 Å². The summed E-state index contributed by atoms with van der Waals surface area (Å²) in [6, 6.07) is 13.0. The molecule has 0 unspecified atom stereocenters. The van der Waals surface area contributed by atoms with Gasteiger partial charge in [-0.3, -0.25) is 4.79 Å². The fraction of sp³-hybridized carbons (Fsp3) is 0.235. The molecule has 21 heavy (non-hydrogen) atoms. The highest BCUT2D eigenvalue weighted by Crippen LogP contribution is 2.21. The second-order valence-corrected chi connectivity index (χ2v) is 4.88. The van der Waals surface area contributed by atoms with Crippen molar-refractivity contribution in [3.8, 4) is 5.75 Å². The van der Waals surface area contributed by atoms with Crippen LogP contribution in [0.1, 0.15) is 18.1 Å². The van der Waals surface area contributed by atoms with Crippen molar-refractivity contribution in [2.45, 2.75) is 20.3 Å². The molecule has 0 aliphatic heterocycles. The Hall–Kier alpha value is -2.49. The summed E-state index contributed by atoms with van der Waals surface area (Å²) in [6.45, 7) is 4.51. The van der Waals surface area contributed by atoms with Crippen LogP contribution in [0.15, 0.2) is 42.5 Å². The Morgan fingerprint density at radius 2 is 2.05 bits per heavy atom. The Balaban J connectivity index is 2.02. The van der Waals surface area contributed by atoms with E-state index >= 15 is 0 Å². The number of hydrogen-bond acceptors (Lipinski definition) is 3. The van der Waals surface area contributed by atoms with Crippen molar-refractivity contribution in [2.24, 2.45) is 0 Å². The zero-order valence-electron chi connectivity index (χ0n) is 12.3. The van der Waals surface area contributed by atoms with Crippen molar-refractivity contribution < 1.29 is 9.53 Å². The zero-order chi connectivity index (χ0) is 15.2. The lowest BCUT2D eigenvalue weighted by molar-refractivity contribution is -0.115. The topological polar surface area (TPSA) is 64.3 Å². The smallest absolute Gasteiger partial charge is 0.228 e. The summed E-state index contributed by atoms with van der Waals surface area (Å²) in [7, 11) is 0. The molecule has 0 aromatic heterocycles. The molecule has 0 aliphatic rings. The summed E-state index contributed by atoms with van der Waals surface area (Å²) in [6.07, 6.45) is 0.303. The van der Waals surface area contributed by atoms with Crippen molar-refractivity contribution in [1.82, 2.24) is 0 Å². The van der Waals surface area contributed by atoms with Crippen LogP contribution in [-0.2, 0) is 11.2 Å². The van der Waals surface area contributed by atoms with Crippen LogP contribution < -0.4 is 15.8 Å². The number of nitrogens with one attached hydrogen (secondary N) is 1. The van der Waals surface area contributed by atoms with Crippen LogP contribution in [0.2, 0.25) is 0 Å². The molecule has 2 aromatic carbocycles. The van der Waals surface area contributed by atoms with Gasteiger partial charge in [-0.25, -0.2) is 0 Å². The molecule has 110 valence electrons. The monoisotopic (exact) mass is 284 g/mol. The van der Waals surface area contributed by atoms with Crippen LogP contribution in [0.4, 0.5) is 11.4 Å². The molecular weight excluding hydrogens is 264 g/mol. The molecular formula is C17H20N2O2. The van der Waals surface area contributed by atoms with E-state index in [1.54, 1.807) is 6.07 Å². The number of carbonyl (C=O) groups excluding carboxylic acids is 1. The molecule has 0 fully saturated rings. The highest BCUT2D eigenvalue weighted by atomic mass is 16.5. The standard InChI is InChI=1S/C17H20N2O2/c1-3-21-15-7-8-16(12(2)9-15)19-17(20)11-13-5-4-6-14(18)10-13/h4-10H,3,11,18H2,1-2H3,(H,19,20). The number of nitrogens with two attached hydrogens (primary N) is 1. The Bertz CT molecular complexity index is 638. The first-order valence-corrected chi connectivity index (χ1v) is 6.96. The van der Waals surface area contributed by atoms with Gasteiger partial charge in [0.25, 0.3) is 0 Å². The average Bonchev–Trinajstić information content (AvgIpc) is 2.42. The first-order chi connectivity index (χ1) is 10.1. The Kier molecular flexibility index (Phi) is 4.82. The van der Waals surface area contributed by atoms with Gasteiger partial charge in [0.1, 0.15) is 5.75 Å². The summed E-state index contributed by atoms with van der Waals surface area (Å²) in [5, 5.41) is 2.91. The van der Waals surface area contributed by atoms with E-state index in [0.717, 1.165) is 22.6 Å². The lowest BCUT2D eigenvalue weighted by Gasteiger charge is -2.11. The number of anilines is 2. The predicted molar refractivity (Wildman–Crippen MR) is 85.5 cm³/mol. The number of hydrogen-bond donors (Lipinski definition) is 2. The Labute approximate surface area is 124 Å². The first-order valence-electron chi connectivity index (χ1n) is 6.96. The van der Waals surface area contributed by atoms with Gasteiger partial charge in [-0.05, 0) is 55.3 Å². The molecule has 0 heterocycles. The molecule has 4 nitrogen and oxygen atoms in total. The maximum absolute atomic E-state index is 12.1. The molecule has 4 heteroatoms. The van der Waals surface area contributed by atoms with Gasteiger partial charge in [-0.2, -0.15) is 0 Å². The minimum absolute atomic E-state index is 0.0622. The van der Waals surface area contributed by atoms with E-state index in [4.69, 9.17) is 10.5 Å². The van der Waals surface area contributed by atoms with Gasteiger partial charge < -0.3 is 15.8 Å². The van der Waals surface area contributed by atoms with E-state index in [2.05, 4.69) is 5.32 Å². The summed E-state index contributed by atoms with van der Waals surface area (Å²) >= 11 is 0. The van der Waals surface area contributed by atoms with E-state index in [1.807, 2.05) is 50.2 Å². The first kappa shape index (κ1) is 14.9. The van der Waals surface area contributed by atoms with Crippen LogP contribution in [0, 0.1) is 6.92 Å². The largest absolute Gasteiger partial charge is 0.494 e. The van der Waals surface area contributed by atoms with Crippen LogP contribution in [0.25, 0.3) is 0 Å². The molecule has 0 spiro atoms. The fourth-order valence-corrected chi connectivity index (χ4v) is 2.12. The quantitative estimate of drug-likeness (QED) is 0.829. The molecule has 0 radical (unpaired) electrons. The summed E-state index contributed by atoms with van der Waals surface area (Å²) < 4.78 is 5.43. The molecule has 3 N–H and O–H groups in total. The molecule has 2 aromatic rings. The number of benzene rings is 2. The third kappa shape index (κ3) is 4.24. The molecule has 0 aliphatic carbocycles. The van der Waals surface area contributed by atoms with Crippen molar-refractivity contribution in [3.05, 3.63) is 53.6 Å². The van der Waals surface area contributed by atoms with E-state index < -0.39 is 0 Å². The minimum atomic E-state index is -0.0622. The summed E-state index contributed by atoms with van der Waals surface area (Å²) in [5.41, 5.74) is 9.05. The molecule has 0 saturated carbocycles. The Morgan fingerprint density at radius 3 is 2.71 bits per heavy atom. The van der Waals surface area contributed by atoms with Crippen molar-refractivity contribution in [2.75, 3.05) is 17.7 Å². The van der Waals surface area contributed by atoms with Crippen LogP contribution in [0.3, 0.4) is 0 Å². The summed E-state index contributed by atoms with van der Waals surface area (Å²) in [4.78, 5) is 12.1. The van der Waals surface area contributed by atoms with E-state index in [9.17, 15) is 4.79 Å². The third-order valence-electron chi connectivity index (χ3n) is 3.10. The molecule has 0 bridgehead atoms. The predicted octanol–water partition coefficient (Wildman–Crippen LogP) is 3.16. The van der Waals surface area contributed by atoms with Gasteiger partial charge in [-0.15, -0.1) is 0 Å². The number of carbonyl (C=O) groups is 1. The van der Waals surface area contributed by atoms with Crippen LogP contribution in [0.5, 0.6) is 5.75 Å². The van der Waals surface area contributed by atoms with Gasteiger partial charge in [0.2, 0.25) is 5.91 Å². The second-order valence-electron chi connectivity index (χ2n) is 4.88. The fourth-order valence-electron chi connectivity index (χ4n) is 2.12. The molecule has 0 atom stereocenters. The number of amides is 1. The van der Waals surface area contributed by atoms with Gasteiger partial charge in [0, 0.05) is 11.4 Å². The van der Waals surface area contributed by atoms with Crippen molar-refractivity contribution in [1.29, 1.82) is 0 Å². The van der Waals surface area contributed by atoms with E-state index in [1.165, 1.54) is 0 Å². The number of ether oxygens (including phenoxy) is 1. The number of rotatable bonds is 5. The SMILES string of the molecule is CCOc1ccc(NC(=O)Cc2cccc(N)c2)c(C)c1. The normalized spacial score (nSPS) is 10.2. The van der Waals surface area contributed by atoms with Gasteiger partial charge in [0.05, 0.1) is 13.0 Å². The maximum atomic E-state index is 12.1. The number of aryl methyl sites for hydroxylation is 1. The minimum Gasteiger partial charge on any atom is -0.494 e. The second kappa shape index (κ2) is 6.79. The highest BCUT2D eigenvalue weighted by Gasteiger charge is 2.07. The third-order valence-corrected chi connectivity index (χ3v) is 3.10. The van der Waals surface area contributed by atoms with Crippen molar-refractivity contribution in [3.63, 3.8) is 0 Å². The Morgan fingerprint density at radius 1 is 1.24 bits per heavy atom. The zero-order valence-corrected chi connectivity index (χ0v) is 12.3. The highest BCUT2D eigenvalue weighted by molar-refractivity contribution is 5.93. The van der Waals surface area contributed by atoms with Gasteiger partial charge in [-0.1, -0.05) is 12.1 Å². The average molecular weight is 284 g/mol. The van der Waals surface area contributed by atoms with E-state index in [0.29, 0.717) is 18.7 Å². The van der Waals surface area contributed by atoms with Crippen molar-refractivity contribution >= 4 is 17.3 Å². The van der Waals surface area contributed by atoms with E-state index in [-0.39, 0.29) is 5.91 Å². The number of nitrogen functional groups attached to an aromatic ring is 1.